The van der Waals surface area contributed by atoms with Gasteiger partial charge in [-0.3, -0.25) is 4.79 Å². The molecule has 4 heteroatoms. The molecule has 2 unspecified atom stereocenters. The highest BCUT2D eigenvalue weighted by Crippen LogP contribution is 2.54. The maximum atomic E-state index is 11.3. The summed E-state index contributed by atoms with van der Waals surface area (Å²) in [5.41, 5.74) is 1.06. The van der Waals surface area contributed by atoms with E-state index in [2.05, 4.69) is 15.9 Å². The van der Waals surface area contributed by atoms with Crippen molar-refractivity contribution in [3.05, 3.63) is 29.3 Å². The van der Waals surface area contributed by atoms with Crippen LogP contribution in [0.2, 0.25) is 0 Å². The molecule has 0 aliphatic heterocycles. The number of hydrogen-bond acceptors (Lipinski definition) is 2. The maximum Gasteiger partial charge on any atom is 0.315 e. The highest BCUT2D eigenvalue weighted by atomic mass is 79.9. The molecule has 2 atom stereocenters. The molecule has 1 N–H and O–H groups in total. The van der Waals surface area contributed by atoms with Crippen LogP contribution in [-0.2, 0) is 10.2 Å². The average Bonchev–Trinajstić information content (AvgIpc) is 2.92. The first kappa shape index (κ1) is 11.5. The zero-order valence-electron chi connectivity index (χ0n) is 9.16. The molecule has 1 fully saturated rings. The van der Waals surface area contributed by atoms with E-state index in [0.717, 1.165) is 16.9 Å². The summed E-state index contributed by atoms with van der Waals surface area (Å²) in [6.07, 6.45) is 0.633. The lowest BCUT2D eigenvalue weighted by molar-refractivity contribution is -0.139. The Kier molecular flexibility index (Phi) is 2.70. The predicted molar refractivity (Wildman–Crippen MR) is 64.4 cm³/mol. The van der Waals surface area contributed by atoms with Crippen LogP contribution in [0, 0.1) is 6.92 Å². The summed E-state index contributed by atoms with van der Waals surface area (Å²) in [5.74, 6) is -0.0370. The number of halogens is 1. The van der Waals surface area contributed by atoms with Gasteiger partial charge in [-0.25, -0.2) is 0 Å². The third kappa shape index (κ3) is 1.52. The van der Waals surface area contributed by atoms with Crippen molar-refractivity contribution in [2.24, 2.45) is 0 Å². The van der Waals surface area contributed by atoms with E-state index in [1.807, 2.05) is 25.1 Å². The van der Waals surface area contributed by atoms with E-state index in [1.54, 1.807) is 7.11 Å². The Balaban J connectivity index is 2.45. The standard InChI is InChI=1S/C12H13BrO3/c1-7-3-4-8(5-9(7)16-2)12(11(14)15)6-10(12)13/h3-5,10H,6H2,1-2H3,(H,14,15). The van der Waals surface area contributed by atoms with Crippen molar-refractivity contribution in [1.82, 2.24) is 0 Å². The van der Waals surface area contributed by atoms with Gasteiger partial charge in [0.25, 0.3) is 0 Å². The summed E-state index contributed by atoms with van der Waals surface area (Å²) < 4.78 is 5.22. The van der Waals surface area contributed by atoms with E-state index >= 15 is 0 Å². The summed E-state index contributed by atoms with van der Waals surface area (Å²) in [7, 11) is 1.60. The molecule has 1 aromatic carbocycles. The molecule has 0 radical (unpaired) electrons. The van der Waals surface area contributed by atoms with Gasteiger partial charge in [0.05, 0.1) is 7.11 Å². The van der Waals surface area contributed by atoms with Gasteiger partial charge in [0.15, 0.2) is 0 Å². The summed E-state index contributed by atoms with van der Waals surface area (Å²) >= 11 is 3.39. The van der Waals surface area contributed by atoms with Gasteiger partial charge in [0.2, 0.25) is 0 Å². The second-order valence-corrected chi connectivity index (χ2v) is 5.24. The number of carboxylic acid groups (broad SMARTS) is 1. The van der Waals surface area contributed by atoms with Crippen LogP contribution in [0.5, 0.6) is 5.75 Å². The van der Waals surface area contributed by atoms with Crippen molar-refractivity contribution in [2.45, 2.75) is 23.6 Å². The smallest absolute Gasteiger partial charge is 0.315 e. The molecule has 0 aromatic heterocycles. The molecule has 1 saturated carbocycles. The van der Waals surface area contributed by atoms with E-state index in [-0.39, 0.29) is 4.83 Å². The van der Waals surface area contributed by atoms with E-state index in [4.69, 9.17) is 4.74 Å². The minimum absolute atomic E-state index is 0.0184. The van der Waals surface area contributed by atoms with Gasteiger partial charge in [-0.2, -0.15) is 0 Å². The fourth-order valence-electron chi connectivity index (χ4n) is 1.96. The first-order chi connectivity index (χ1) is 7.52. The molecule has 0 spiro atoms. The number of aryl methyl sites for hydroxylation is 1. The summed E-state index contributed by atoms with van der Waals surface area (Å²) in [6.45, 7) is 1.94. The lowest BCUT2D eigenvalue weighted by Gasteiger charge is -2.13. The Morgan fingerprint density at radius 2 is 2.25 bits per heavy atom. The van der Waals surface area contributed by atoms with Gasteiger partial charge in [-0.15, -0.1) is 0 Å². The van der Waals surface area contributed by atoms with E-state index in [1.165, 1.54) is 0 Å². The molecule has 86 valence electrons. The Labute approximate surface area is 103 Å². The lowest BCUT2D eigenvalue weighted by Crippen LogP contribution is -2.22. The van der Waals surface area contributed by atoms with Crippen LogP contribution < -0.4 is 4.74 Å². The van der Waals surface area contributed by atoms with Gasteiger partial charge in [0, 0.05) is 4.83 Å². The SMILES string of the molecule is COc1cc(C2(C(=O)O)CC2Br)ccc1C. The van der Waals surface area contributed by atoms with Crippen molar-refractivity contribution in [3.63, 3.8) is 0 Å². The first-order valence-electron chi connectivity index (χ1n) is 5.05. The molecule has 0 amide bonds. The van der Waals surface area contributed by atoms with Crippen LogP contribution in [0.4, 0.5) is 0 Å². The van der Waals surface area contributed by atoms with Gasteiger partial charge < -0.3 is 9.84 Å². The van der Waals surface area contributed by atoms with Gasteiger partial charge in [-0.05, 0) is 30.5 Å². The van der Waals surface area contributed by atoms with Crippen LogP contribution in [0.15, 0.2) is 18.2 Å². The minimum atomic E-state index is -0.778. The van der Waals surface area contributed by atoms with Gasteiger partial charge >= 0.3 is 5.97 Å². The Hall–Kier alpha value is -1.03. The highest BCUT2D eigenvalue weighted by molar-refractivity contribution is 9.09. The van der Waals surface area contributed by atoms with Crippen molar-refractivity contribution in [3.8, 4) is 5.75 Å². The number of alkyl halides is 1. The van der Waals surface area contributed by atoms with Gasteiger partial charge in [-0.1, -0.05) is 28.1 Å². The molecule has 1 aliphatic carbocycles. The predicted octanol–water partition coefficient (Wildman–Crippen LogP) is 2.49. The Morgan fingerprint density at radius 1 is 1.62 bits per heavy atom. The van der Waals surface area contributed by atoms with Gasteiger partial charge in [0.1, 0.15) is 11.2 Å². The van der Waals surface area contributed by atoms with Crippen molar-refractivity contribution in [1.29, 1.82) is 0 Å². The first-order valence-corrected chi connectivity index (χ1v) is 5.96. The molecular formula is C12H13BrO3. The summed E-state index contributed by atoms with van der Waals surface area (Å²) in [4.78, 5) is 11.3. The second-order valence-electron chi connectivity index (χ2n) is 4.13. The van der Waals surface area contributed by atoms with Crippen molar-refractivity contribution >= 4 is 21.9 Å². The quantitative estimate of drug-likeness (QED) is 0.868. The van der Waals surface area contributed by atoms with Crippen LogP contribution >= 0.6 is 15.9 Å². The van der Waals surface area contributed by atoms with E-state index < -0.39 is 11.4 Å². The van der Waals surface area contributed by atoms with Crippen molar-refractivity contribution < 1.29 is 14.6 Å². The third-order valence-corrected chi connectivity index (χ3v) is 4.29. The molecule has 1 aliphatic rings. The zero-order chi connectivity index (χ0) is 11.9. The normalized spacial score (nSPS) is 27.6. The topological polar surface area (TPSA) is 46.5 Å². The Morgan fingerprint density at radius 3 is 2.69 bits per heavy atom. The molecule has 0 saturated heterocycles. The van der Waals surface area contributed by atoms with E-state index in [0.29, 0.717) is 6.42 Å². The fraction of sp³-hybridized carbons (Fsp3) is 0.417. The summed E-state index contributed by atoms with van der Waals surface area (Å²) in [5, 5.41) is 9.29. The monoisotopic (exact) mass is 284 g/mol. The minimum Gasteiger partial charge on any atom is -0.496 e. The average molecular weight is 285 g/mol. The second kappa shape index (κ2) is 3.77. The summed E-state index contributed by atoms with van der Waals surface area (Å²) in [6, 6.07) is 5.59. The van der Waals surface area contributed by atoms with Crippen molar-refractivity contribution in [2.75, 3.05) is 7.11 Å². The van der Waals surface area contributed by atoms with Crippen LogP contribution in [0.25, 0.3) is 0 Å². The van der Waals surface area contributed by atoms with E-state index in [9.17, 15) is 9.90 Å². The highest BCUT2D eigenvalue weighted by Gasteiger charge is 2.60. The lowest BCUT2D eigenvalue weighted by atomic mass is 9.95. The number of rotatable bonds is 3. The molecule has 2 rings (SSSR count). The number of ether oxygens (including phenoxy) is 1. The maximum absolute atomic E-state index is 11.3. The Bertz CT molecular complexity index is 444. The number of benzene rings is 1. The number of carboxylic acids is 1. The van der Waals surface area contributed by atoms with Crippen LogP contribution in [-0.4, -0.2) is 23.0 Å². The number of methoxy groups -OCH3 is 1. The fourth-order valence-corrected chi connectivity index (χ4v) is 2.94. The zero-order valence-corrected chi connectivity index (χ0v) is 10.7. The number of carbonyl (C=O) groups is 1. The van der Waals surface area contributed by atoms with Crippen LogP contribution in [0.3, 0.4) is 0 Å². The number of hydrogen-bond donors (Lipinski definition) is 1. The largest absolute Gasteiger partial charge is 0.496 e. The third-order valence-electron chi connectivity index (χ3n) is 3.18. The molecule has 0 bridgehead atoms. The molecule has 3 nitrogen and oxygen atoms in total. The van der Waals surface area contributed by atoms with Crippen LogP contribution in [0.1, 0.15) is 17.5 Å². The molecule has 0 heterocycles. The molecular weight excluding hydrogens is 272 g/mol. The number of aliphatic carboxylic acids is 1. The molecule has 16 heavy (non-hydrogen) atoms. The molecule has 1 aromatic rings.